The summed E-state index contributed by atoms with van der Waals surface area (Å²) in [6, 6.07) is 0. The first-order valence-electron chi connectivity index (χ1n) is 7.75. The average molecular weight is 264 g/mol. The van der Waals surface area contributed by atoms with Crippen LogP contribution in [0.25, 0.3) is 0 Å². The molecule has 19 heavy (non-hydrogen) atoms. The van der Waals surface area contributed by atoms with E-state index in [9.17, 15) is 0 Å². The van der Waals surface area contributed by atoms with Crippen LogP contribution in [0.2, 0.25) is 0 Å². The van der Waals surface area contributed by atoms with E-state index in [0.29, 0.717) is 11.8 Å². The van der Waals surface area contributed by atoms with E-state index in [1.54, 1.807) is 0 Å². The van der Waals surface area contributed by atoms with Crippen LogP contribution >= 0.6 is 0 Å². The van der Waals surface area contributed by atoms with E-state index in [0.717, 1.165) is 31.3 Å². The molecule has 0 radical (unpaired) electrons. The second kappa shape index (κ2) is 6.51. The predicted octanol–water partition coefficient (Wildman–Crippen LogP) is 2.80. The lowest BCUT2D eigenvalue weighted by atomic mass is 9.69. The van der Waals surface area contributed by atoms with Crippen molar-refractivity contribution in [3.63, 3.8) is 0 Å². The molecule has 0 saturated heterocycles. The molecule has 1 saturated carbocycles. The molecular formula is C15H28N4. The molecule has 3 unspecified atom stereocenters. The SMILES string of the molecule is CCCn1nncc1C1CC(C(C)C)CCC1CN. The molecule has 1 heterocycles. The third-order valence-electron chi connectivity index (χ3n) is 4.74. The molecule has 1 aliphatic rings. The summed E-state index contributed by atoms with van der Waals surface area (Å²) in [5.74, 6) is 2.73. The Morgan fingerprint density at radius 2 is 2.21 bits per heavy atom. The Morgan fingerprint density at radius 3 is 2.84 bits per heavy atom. The van der Waals surface area contributed by atoms with Crippen LogP contribution in [0.5, 0.6) is 0 Å². The van der Waals surface area contributed by atoms with Gasteiger partial charge in [-0.15, -0.1) is 5.10 Å². The second-order valence-electron chi connectivity index (χ2n) is 6.30. The van der Waals surface area contributed by atoms with Gasteiger partial charge >= 0.3 is 0 Å². The van der Waals surface area contributed by atoms with Gasteiger partial charge in [-0.3, -0.25) is 0 Å². The Hall–Kier alpha value is -0.900. The number of aryl methyl sites for hydroxylation is 1. The molecule has 3 atom stereocenters. The molecule has 0 bridgehead atoms. The van der Waals surface area contributed by atoms with Crippen molar-refractivity contribution in [2.24, 2.45) is 23.5 Å². The monoisotopic (exact) mass is 264 g/mol. The van der Waals surface area contributed by atoms with Crippen LogP contribution in [-0.2, 0) is 6.54 Å². The van der Waals surface area contributed by atoms with Crippen molar-refractivity contribution < 1.29 is 0 Å². The first kappa shape index (κ1) is 14.5. The van der Waals surface area contributed by atoms with E-state index in [-0.39, 0.29) is 0 Å². The summed E-state index contributed by atoms with van der Waals surface area (Å²) in [6.45, 7) is 8.62. The standard InChI is InChI=1S/C15H28N4/c1-4-7-19-15(10-17-18-19)14-8-12(11(2)3)5-6-13(14)9-16/h10-14H,4-9,16H2,1-3H3. The topological polar surface area (TPSA) is 56.7 Å². The fraction of sp³-hybridized carbons (Fsp3) is 0.867. The summed E-state index contributed by atoms with van der Waals surface area (Å²) in [6.07, 6.45) is 6.89. The minimum atomic E-state index is 0.549. The van der Waals surface area contributed by atoms with Crippen molar-refractivity contribution >= 4 is 0 Å². The van der Waals surface area contributed by atoms with Gasteiger partial charge in [-0.05, 0) is 50.0 Å². The lowest BCUT2D eigenvalue weighted by molar-refractivity contribution is 0.191. The highest BCUT2D eigenvalue weighted by Crippen LogP contribution is 2.42. The van der Waals surface area contributed by atoms with Crippen molar-refractivity contribution in [1.82, 2.24) is 15.0 Å². The maximum Gasteiger partial charge on any atom is 0.0728 e. The van der Waals surface area contributed by atoms with Crippen LogP contribution in [0.3, 0.4) is 0 Å². The quantitative estimate of drug-likeness (QED) is 0.889. The molecule has 2 N–H and O–H groups in total. The van der Waals surface area contributed by atoms with Crippen LogP contribution in [-0.4, -0.2) is 21.5 Å². The van der Waals surface area contributed by atoms with E-state index in [1.165, 1.54) is 25.0 Å². The van der Waals surface area contributed by atoms with Crippen molar-refractivity contribution in [1.29, 1.82) is 0 Å². The van der Waals surface area contributed by atoms with Crippen molar-refractivity contribution in [2.75, 3.05) is 6.54 Å². The smallest absolute Gasteiger partial charge is 0.0728 e. The Labute approximate surface area is 116 Å². The van der Waals surface area contributed by atoms with E-state index in [1.807, 2.05) is 6.20 Å². The van der Waals surface area contributed by atoms with Gasteiger partial charge in [0.15, 0.2) is 0 Å². The third-order valence-corrected chi connectivity index (χ3v) is 4.74. The number of rotatable bonds is 5. The van der Waals surface area contributed by atoms with Crippen LogP contribution < -0.4 is 5.73 Å². The van der Waals surface area contributed by atoms with Gasteiger partial charge in [0.05, 0.1) is 11.9 Å². The lowest BCUT2D eigenvalue weighted by Gasteiger charge is -2.37. The summed E-state index contributed by atoms with van der Waals surface area (Å²) >= 11 is 0. The zero-order valence-electron chi connectivity index (χ0n) is 12.5. The van der Waals surface area contributed by atoms with E-state index in [4.69, 9.17) is 5.73 Å². The van der Waals surface area contributed by atoms with Crippen molar-refractivity contribution in [3.8, 4) is 0 Å². The Bertz CT molecular complexity index is 385. The summed E-state index contributed by atoms with van der Waals surface area (Å²) < 4.78 is 2.09. The molecule has 0 amide bonds. The Kier molecular flexibility index (Phi) is 4.97. The van der Waals surface area contributed by atoms with Gasteiger partial charge in [-0.25, -0.2) is 4.68 Å². The van der Waals surface area contributed by atoms with Gasteiger partial charge in [-0.1, -0.05) is 26.0 Å². The van der Waals surface area contributed by atoms with Gasteiger partial charge in [0.25, 0.3) is 0 Å². The molecule has 4 heteroatoms. The first-order valence-corrected chi connectivity index (χ1v) is 7.75. The average Bonchev–Trinajstić information content (AvgIpc) is 2.86. The maximum absolute atomic E-state index is 6.00. The molecule has 4 nitrogen and oxygen atoms in total. The van der Waals surface area contributed by atoms with Gasteiger partial charge in [0, 0.05) is 12.5 Å². The third kappa shape index (κ3) is 3.16. The maximum atomic E-state index is 6.00. The van der Waals surface area contributed by atoms with Crippen molar-refractivity contribution in [3.05, 3.63) is 11.9 Å². The molecule has 108 valence electrons. The molecule has 1 aliphatic carbocycles. The number of aromatic nitrogens is 3. The second-order valence-corrected chi connectivity index (χ2v) is 6.30. The zero-order chi connectivity index (χ0) is 13.8. The highest BCUT2D eigenvalue weighted by atomic mass is 15.4. The molecule has 2 rings (SSSR count). The van der Waals surface area contributed by atoms with E-state index in [2.05, 4.69) is 35.8 Å². The van der Waals surface area contributed by atoms with Gasteiger partial charge in [-0.2, -0.15) is 0 Å². The molecule has 1 fully saturated rings. The normalized spacial score (nSPS) is 27.9. The molecule has 1 aromatic heterocycles. The Morgan fingerprint density at radius 1 is 1.42 bits per heavy atom. The van der Waals surface area contributed by atoms with Gasteiger partial charge in [0.1, 0.15) is 0 Å². The molecule has 0 aliphatic heterocycles. The first-order chi connectivity index (χ1) is 9.17. The zero-order valence-corrected chi connectivity index (χ0v) is 12.5. The molecule has 1 aromatic rings. The summed E-state index contributed by atoms with van der Waals surface area (Å²) in [7, 11) is 0. The number of hydrogen-bond donors (Lipinski definition) is 1. The highest BCUT2D eigenvalue weighted by molar-refractivity contribution is 5.08. The minimum Gasteiger partial charge on any atom is -0.330 e. The fourth-order valence-electron chi connectivity index (χ4n) is 3.45. The lowest BCUT2D eigenvalue weighted by Crippen LogP contribution is -2.32. The summed E-state index contributed by atoms with van der Waals surface area (Å²) in [5, 5.41) is 8.37. The minimum absolute atomic E-state index is 0.549. The molecular weight excluding hydrogens is 236 g/mol. The van der Waals surface area contributed by atoms with Crippen LogP contribution in [0, 0.1) is 17.8 Å². The predicted molar refractivity (Wildman–Crippen MR) is 77.8 cm³/mol. The van der Waals surface area contributed by atoms with Crippen molar-refractivity contribution in [2.45, 2.75) is 58.9 Å². The summed E-state index contributed by atoms with van der Waals surface area (Å²) in [4.78, 5) is 0. The largest absolute Gasteiger partial charge is 0.330 e. The highest BCUT2D eigenvalue weighted by Gasteiger charge is 2.33. The van der Waals surface area contributed by atoms with Crippen LogP contribution in [0.15, 0.2) is 6.20 Å². The van der Waals surface area contributed by atoms with E-state index >= 15 is 0 Å². The molecule has 0 spiro atoms. The summed E-state index contributed by atoms with van der Waals surface area (Å²) in [5.41, 5.74) is 7.30. The van der Waals surface area contributed by atoms with Gasteiger partial charge in [0.2, 0.25) is 0 Å². The number of nitrogens with two attached hydrogens (primary N) is 1. The van der Waals surface area contributed by atoms with Gasteiger partial charge < -0.3 is 5.73 Å². The molecule has 0 aromatic carbocycles. The van der Waals surface area contributed by atoms with Crippen LogP contribution in [0.1, 0.15) is 58.1 Å². The van der Waals surface area contributed by atoms with Crippen LogP contribution in [0.4, 0.5) is 0 Å². The van der Waals surface area contributed by atoms with E-state index < -0.39 is 0 Å². The number of hydrogen-bond acceptors (Lipinski definition) is 3. The fourth-order valence-corrected chi connectivity index (χ4v) is 3.45. The Balaban J connectivity index is 2.19. The number of nitrogens with zero attached hydrogens (tertiary/aromatic N) is 3.